The Morgan fingerprint density at radius 3 is 2.00 bits per heavy atom. The van der Waals surface area contributed by atoms with Crippen molar-refractivity contribution in [3.8, 4) is 5.75 Å². The quantitative estimate of drug-likeness (QED) is 0.463. The van der Waals surface area contributed by atoms with Crippen LogP contribution in [0.2, 0.25) is 0 Å². The van der Waals surface area contributed by atoms with Crippen LogP contribution in [0.15, 0.2) is 34.1 Å². The zero-order valence-corrected chi connectivity index (χ0v) is 11.3. The molecule has 0 atom stereocenters. The third kappa shape index (κ3) is 2.41. The zero-order chi connectivity index (χ0) is 15.3. The lowest BCUT2D eigenvalue weighted by atomic mass is 10.1. The van der Waals surface area contributed by atoms with E-state index in [9.17, 15) is 26.5 Å². The van der Waals surface area contributed by atoms with Crippen LogP contribution in [0.5, 0.6) is 5.75 Å². The van der Waals surface area contributed by atoms with Crippen LogP contribution in [0.3, 0.4) is 0 Å². The Hall–Kier alpha value is -1.88. The van der Waals surface area contributed by atoms with E-state index in [-0.39, 0.29) is 22.2 Å². The molecule has 0 bridgehead atoms. The minimum absolute atomic E-state index is 0.0998. The van der Waals surface area contributed by atoms with E-state index in [2.05, 4.69) is 0 Å². The van der Waals surface area contributed by atoms with Crippen molar-refractivity contribution in [1.82, 2.24) is 0 Å². The minimum atomic E-state index is -4.98. The van der Waals surface area contributed by atoms with E-state index in [4.69, 9.17) is 10.3 Å². The predicted octanol–water partition coefficient (Wildman–Crippen LogP) is 0.621. The number of benzene rings is 2. The summed E-state index contributed by atoms with van der Waals surface area (Å²) in [6, 6.07) is 4.10. The van der Waals surface area contributed by atoms with Gasteiger partial charge in [-0.05, 0) is 24.3 Å². The van der Waals surface area contributed by atoms with Gasteiger partial charge in [-0.1, -0.05) is 0 Å². The highest BCUT2D eigenvalue weighted by atomic mass is 32.2. The number of phenols is 1. The molecule has 0 fully saturated rings. The lowest BCUT2D eigenvalue weighted by molar-refractivity contribution is 0.467. The van der Waals surface area contributed by atoms with Gasteiger partial charge in [-0.15, -0.1) is 0 Å². The van der Waals surface area contributed by atoms with E-state index >= 15 is 0 Å². The Morgan fingerprint density at radius 2 is 1.50 bits per heavy atom. The lowest BCUT2D eigenvalue weighted by Crippen LogP contribution is -2.10. The van der Waals surface area contributed by atoms with Gasteiger partial charge in [0.1, 0.15) is 15.5 Å². The van der Waals surface area contributed by atoms with Crippen LogP contribution >= 0.6 is 0 Å². The first-order valence-electron chi connectivity index (χ1n) is 5.02. The summed E-state index contributed by atoms with van der Waals surface area (Å²) in [5, 5.41) is 9.16. The monoisotopic (exact) mass is 319 g/mol. The molecule has 5 N–H and O–H groups in total. The van der Waals surface area contributed by atoms with Crippen LogP contribution in [0.1, 0.15) is 0 Å². The highest BCUT2D eigenvalue weighted by Gasteiger charge is 2.28. The van der Waals surface area contributed by atoms with Gasteiger partial charge in [0.2, 0.25) is 0 Å². The van der Waals surface area contributed by atoms with Crippen molar-refractivity contribution < 1.29 is 31.0 Å². The summed E-state index contributed by atoms with van der Waals surface area (Å²) in [5.74, 6) is -0.366. The summed E-state index contributed by atoms with van der Waals surface area (Å²) >= 11 is 0. The van der Waals surface area contributed by atoms with Gasteiger partial charge in [0.15, 0.2) is 0 Å². The molecule has 0 spiro atoms. The van der Waals surface area contributed by atoms with Gasteiger partial charge in [0.25, 0.3) is 20.2 Å². The third-order valence-corrected chi connectivity index (χ3v) is 4.57. The SMILES string of the molecule is Nc1cc(S(=O)(=O)O)c(S(=O)(=O)O)c2cc(O)ccc12. The first-order chi connectivity index (χ1) is 9.01. The average Bonchev–Trinajstić information content (AvgIpc) is 2.24. The second kappa shape index (κ2) is 4.31. The smallest absolute Gasteiger partial charge is 0.296 e. The molecule has 0 heterocycles. The lowest BCUT2D eigenvalue weighted by Gasteiger charge is -2.11. The van der Waals surface area contributed by atoms with Gasteiger partial charge in [0.05, 0.1) is 0 Å². The number of anilines is 1. The van der Waals surface area contributed by atoms with Crippen LogP contribution in [0.25, 0.3) is 10.8 Å². The molecule has 0 unspecified atom stereocenters. The van der Waals surface area contributed by atoms with Crippen molar-refractivity contribution in [3.63, 3.8) is 0 Å². The molecule has 0 saturated heterocycles. The molecular formula is C10H9NO7S2. The Bertz CT molecular complexity index is 916. The third-order valence-electron chi connectivity index (χ3n) is 2.61. The molecule has 0 aromatic heterocycles. The largest absolute Gasteiger partial charge is 0.508 e. The molecule has 2 aromatic carbocycles. The standard InChI is InChI=1S/C10H9NO7S2/c11-8-4-9(19(13,14)15)10(20(16,17)18)7-3-5(12)1-2-6(7)8/h1-4,12H,11H2,(H,13,14,15)(H,16,17,18). The second-order valence-electron chi connectivity index (χ2n) is 3.97. The molecule has 10 heteroatoms. The minimum Gasteiger partial charge on any atom is -0.508 e. The number of nitrogens with two attached hydrogens (primary N) is 1. The number of rotatable bonds is 2. The number of hydrogen-bond donors (Lipinski definition) is 4. The molecule has 0 saturated carbocycles. The topological polar surface area (TPSA) is 155 Å². The maximum Gasteiger partial charge on any atom is 0.296 e. The van der Waals surface area contributed by atoms with E-state index in [0.717, 1.165) is 12.1 Å². The van der Waals surface area contributed by atoms with Crippen LogP contribution in [-0.2, 0) is 20.2 Å². The highest BCUT2D eigenvalue weighted by molar-refractivity contribution is 7.89. The van der Waals surface area contributed by atoms with Gasteiger partial charge < -0.3 is 10.8 Å². The van der Waals surface area contributed by atoms with E-state index in [0.29, 0.717) is 0 Å². The number of phenolic OH excluding ortho intramolecular Hbond substituents is 1. The molecule has 0 aliphatic heterocycles. The fourth-order valence-corrected chi connectivity index (χ4v) is 3.86. The highest BCUT2D eigenvalue weighted by Crippen LogP contribution is 2.35. The summed E-state index contributed by atoms with van der Waals surface area (Å²) in [7, 11) is -9.93. The van der Waals surface area contributed by atoms with Gasteiger partial charge in [0, 0.05) is 16.5 Å². The van der Waals surface area contributed by atoms with Crippen molar-refractivity contribution in [2.45, 2.75) is 9.79 Å². The Balaban J connectivity index is 3.18. The molecule has 0 amide bonds. The number of hydrogen-bond acceptors (Lipinski definition) is 6. The van der Waals surface area contributed by atoms with E-state index in [1.165, 1.54) is 12.1 Å². The van der Waals surface area contributed by atoms with Gasteiger partial charge in [-0.25, -0.2) is 0 Å². The van der Waals surface area contributed by atoms with E-state index < -0.39 is 30.0 Å². The number of aromatic hydroxyl groups is 1. The molecule has 0 aliphatic rings. The summed E-state index contributed by atoms with van der Waals surface area (Å²) in [5.41, 5.74) is 5.44. The number of nitrogen functional groups attached to an aromatic ring is 1. The molecule has 0 radical (unpaired) electrons. The van der Waals surface area contributed by atoms with Crippen molar-refractivity contribution >= 4 is 36.7 Å². The van der Waals surface area contributed by atoms with Crippen LogP contribution in [0.4, 0.5) is 5.69 Å². The van der Waals surface area contributed by atoms with E-state index in [1.54, 1.807) is 0 Å². The first-order valence-corrected chi connectivity index (χ1v) is 7.90. The molecular weight excluding hydrogens is 310 g/mol. The normalized spacial score (nSPS) is 12.7. The maximum atomic E-state index is 11.4. The van der Waals surface area contributed by atoms with Crippen molar-refractivity contribution in [2.24, 2.45) is 0 Å². The summed E-state index contributed by atoms with van der Waals surface area (Å²) < 4.78 is 63.5. The molecule has 20 heavy (non-hydrogen) atoms. The van der Waals surface area contributed by atoms with Crippen molar-refractivity contribution in [2.75, 3.05) is 5.73 Å². The van der Waals surface area contributed by atoms with Gasteiger partial charge in [-0.3, -0.25) is 9.11 Å². The first kappa shape index (κ1) is 14.5. The van der Waals surface area contributed by atoms with Crippen molar-refractivity contribution in [3.05, 3.63) is 24.3 Å². The maximum absolute atomic E-state index is 11.4. The zero-order valence-electron chi connectivity index (χ0n) is 9.68. The summed E-state index contributed by atoms with van der Waals surface area (Å²) in [4.78, 5) is -2.10. The molecule has 0 aliphatic carbocycles. The summed E-state index contributed by atoms with van der Waals surface area (Å²) in [6.45, 7) is 0. The fourth-order valence-electron chi connectivity index (χ4n) is 1.85. The van der Waals surface area contributed by atoms with Crippen LogP contribution in [0, 0.1) is 0 Å². The molecule has 2 aromatic rings. The van der Waals surface area contributed by atoms with Crippen LogP contribution < -0.4 is 5.73 Å². The Labute approximate surface area is 114 Å². The Morgan fingerprint density at radius 1 is 0.900 bits per heavy atom. The fraction of sp³-hybridized carbons (Fsp3) is 0. The molecule has 108 valence electrons. The number of fused-ring (bicyclic) bond motifs is 1. The Kier molecular flexibility index (Phi) is 3.13. The average molecular weight is 319 g/mol. The van der Waals surface area contributed by atoms with E-state index in [1.807, 2.05) is 0 Å². The van der Waals surface area contributed by atoms with Crippen LogP contribution in [-0.4, -0.2) is 31.0 Å². The molecule has 2 rings (SSSR count). The van der Waals surface area contributed by atoms with Crippen molar-refractivity contribution in [1.29, 1.82) is 0 Å². The summed E-state index contributed by atoms with van der Waals surface area (Å²) in [6.07, 6.45) is 0. The predicted molar refractivity (Wildman–Crippen MR) is 69.7 cm³/mol. The van der Waals surface area contributed by atoms with Gasteiger partial charge in [-0.2, -0.15) is 16.8 Å². The second-order valence-corrected chi connectivity index (χ2v) is 6.72. The van der Waals surface area contributed by atoms with Gasteiger partial charge >= 0.3 is 0 Å². The molecule has 8 nitrogen and oxygen atoms in total.